The predicted octanol–water partition coefficient (Wildman–Crippen LogP) is 9.08. The third kappa shape index (κ3) is 17.4. The van der Waals surface area contributed by atoms with Crippen molar-refractivity contribution in [2.24, 2.45) is 0 Å². The van der Waals surface area contributed by atoms with Crippen LogP contribution in [0.5, 0.6) is 17.2 Å². The molecule has 0 unspecified atom stereocenters. The Morgan fingerprint density at radius 1 is 0.443 bits per heavy atom. The lowest BCUT2D eigenvalue weighted by atomic mass is 9.99. The van der Waals surface area contributed by atoms with Crippen molar-refractivity contribution in [1.82, 2.24) is 9.80 Å². The molecule has 0 aliphatic carbocycles. The van der Waals surface area contributed by atoms with Gasteiger partial charge >= 0.3 is 0 Å². The Kier molecular flexibility index (Phi) is 24.1. The van der Waals surface area contributed by atoms with E-state index in [1.807, 2.05) is 78.9 Å². The second-order valence-corrected chi connectivity index (χ2v) is 18.8. The van der Waals surface area contributed by atoms with Gasteiger partial charge in [0, 0.05) is 121 Å². The lowest BCUT2D eigenvalue weighted by molar-refractivity contribution is 0.0398. The second kappa shape index (κ2) is 32.3. The van der Waals surface area contributed by atoms with Crippen LogP contribution in [0, 0.1) is 34.0 Å². The van der Waals surface area contributed by atoms with Crippen LogP contribution in [-0.2, 0) is 23.7 Å². The van der Waals surface area contributed by atoms with E-state index in [9.17, 15) is 15.8 Å². The summed E-state index contributed by atoms with van der Waals surface area (Å²) in [5.41, 5.74) is 10.8. The second-order valence-electron chi connectivity index (χ2n) is 18.8. The van der Waals surface area contributed by atoms with Gasteiger partial charge in [-0.25, -0.2) is 0 Å². The topological polar surface area (TPSA) is 170 Å². The van der Waals surface area contributed by atoms with Crippen LogP contribution in [0.3, 0.4) is 0 Å². The molecule has 0 radical (unpaired) electrons. The van der Waals surface area contributed by atoms with Crippen molar-refractivity contribution >= 4 is 17.1 Å². The summed E-state index contributed by atoms with van der Waals surface area (Å²) in [5.74, 6) is 1.78. The quantitative estimate of drug-likeness (QED) is 0.0677. The summed E-state index contributed by atoms with van der Waals surface area (Å²) in [5, 5.41) is 32.3. The number of hydrogen-bond donors (Lipinski definition) is 1. The maximum absolute atomic E-state index is 9.63. The van der Waals surface area contributed by atoms with Crippen LogP contribution in [0.15, 0.2) is 127 Å². The average Bonchev–Trinajstić information content (AvgIpc) is 3.51. The highest BCUT2D eigenvalue weighted by atomic mass is 16.5. The van der Waals surface area contributed by atoms with E-state index in [-0.39, 0.29) is 0 Å². The average molecular weight is 1070 g/mol. The summed E-state index contributed by atoms with van der Waals surface area (Å²) >= 11 is 0. The molecule has 3 saturated heterocycles. The van der Waals surface area contributed by atoms with Crippen molar-refractivity contribution in [1.29, 1.82) is 15.8 Å². The first kappa shape index (κ1) is 59.0. The highest BCUT2D eigenvalue weighted by molar-refractivity contribution is 5.77. The first-order chi connectivity index (χ1) is 38.9. The van der Waals surface area contributed by atoms with E-state index >= 15 is 0 Å². The van der Waals surface area contributed by atoms with E-state index < -0.39 is 0 Å². The minimum Gasteiger partial charge on any atom is -0.490 e. The third-order valence-corrected chi connectivity index (χ3v) is 13.7. The van der Waals surface area contributed by atoms with Crippen molar-refractivity contribution in [2.45, 2.75) is 0 Å². The van der Waals surface area contributed by atoms with Gasteiger partial charge in [-0.05, 0) is 78.3 Å². The Balaban J connectivity index is 0.000000172. The minimum atomic E-state index is 0.417. The summed E-state index contributed by atoms with van der Waals surface area (Å²) in [6.07, 6.45) is 0. The van der Waals surface area contributed by atoms with E-state index in [0.29, 0.717) is 73.6 Å². The molecular weight excluding hydrogens is 997 g/mol. The summed E-state index contributed by atoms with van der Waals surface area (Å²) in [6.45, 7) is 15.9. The SMILES string of the molecule is COCCOc1cccc(-c2ccc(N3CCN(C)CC3)cc2)c1C#N.COCCOc1cccc(-c2ccc(N3CCOCC3)cc2)c1C#N.COCCOc1cccc(-c2ccc(NCCN3CCOCC3)cc2)c1C#N. The Hall–Kier alpha value is -7.69. The fourth-order valence-electron chi connectivity index (χ4n) is 9.27. The number of nitrogens with zero attached hydrogens (tertiary/aromatic N) is 7. The summed E-state index contributed by atoms with van der Waals surface area (Å²) < 4.78 is 42.9. The molecule has 16 heteroatoms. The Bertz CT molecular complexity index is 2900. The molecule has 0 atom stereocenters. The molecule has 6 aromatic carbocycles. The van der Waals surface area contributed by atoms with Gasteiger partial charge in [0.25, 0.3) is 0 Å². The smallest absolute Gasteiger partial charge is 0.137 e. The first-order valence-electron chi connectivity index (χ1n) is 26.9. The molecular formula is C63H74N8O8. The van der Waals surface area contributed by atoms with Crippen LogP contribution in [0.4, 0.5) is 17.1 Å². The first-order valence-corrected chi connectivity index (χ1v) is 26.9. The van der Waals surface area contributed by atoms with E-state index in [2.05, 4.69) is 98.7 Å². The molecule has 9 rings (SSSR count). The number of ether oxygens (including phenoxy) is 8. The molecule has 0 amide bonds. The lowest BCUT2D eigenvalue weighted by Crippen LogP contribution is -2.44. The van der Waals surface area contributed by atoms with Crippen molar-refractivity contribution in [3.8, 4) is 68.8 Å². The highest BCUT2D eigenvalue weighted by Gasteiger charge is 2.18. The van der Waals surface area contributed by atoms with Gasteiger partial charge in [0.15, 0.2) is 0 Å². The van der Waals surface area contributed by atoms with Gasteiger partial charge in [0.2, 0.25) is 0 Å². The van der Waals surface area contributed by atoms with Crippen LogP contribution in [0.25, 0.3) is 33.4 Å². The molecule has 3 aliphatic heterocycles. The van der Waals surface area contributed by atoms with Crippen LogP contribution in [0.1, 0.15) is 16.7 Å². The molecule has 3 heterocycles. The minimum absolute atomic E-state index is 0.417. The zero-order valence-corrected chi connectivity index (χ0v) is 46.2. The van der Waals surface area contributed by atoms with Crippen LogP contribution < -0.4 is 29.3 Å². The number of hydrogen-bond acceptors (Lipinski definition) is 16. The van der Waals surface area contributed by atoms with Gasteiger partial charge in [-0.3, -0.25) is 4.90 Å². The van der Waals surface area contributed by atoms with Gasteiger partial charge in [-0.2, -0.15) is 15.8 Å². The van der Waals surface area contributed by atoms with E-state index in [1.54, 1.807) is 21.3 Å². The van der Waals surface area contributed by atoms with Crippen molar-refractivity contribution in [3.05, 3.63) is 144 Å². The lowest BCUT2D eigenvalue weighted by Gasteiger charge is -2.34. The molecule has 1 N–H and O–H groups in total. The van der Waals surface area contributed by atoms with Crippen LogP contribution in [0.2, 0.25) is 0 Å². The van der Waals surface area contributed by atoms with Gasteiger partial charge in [-0.15, -0.1) is 0 Å². The van der Waals surface area contributed by atoms with E-state index in [1.165, 1.54) is 11.4 Å². The number of piperazine rings is 1. The number of likely N-dealkylation sites (N-methyl/N-ethyl adjacent to an activating group) is 1. The molecule has 0 aromatic heterocycles. The largest absolute Gasteiger partial charge is 0.490 e. The summed E-state index contributed by atoms with van der Waals surface area (Å²) in [6, 6.07) is 48.8. The molecule has 79 heavy (non-hydrogen) atoms. The van der Waals surface area contributed by atoms with Crippen molar-refractivity contribution in [2.75, 3.05) is 175 Å². The molecule has 414 valence electrons. The maximum atomic E-state index is 9.63. The number of benzene rings is 6. The summed E-state index contributed by atoms with van der Waals surface area (Å²) in [4.78, 5) is 9.46. The highest BCUT2D eigenvalue weighted by Crippen LogP contribution is 2.34. The molecule has 16 nitrogen and oxygen atoms in total. The maximum Gasteiger partial charge on any atom is 0.137 e. The van der Waals surface area contributed by atoms with Gasteiger partial charge in [0.1, 0.15) is 72.0 Å². The number of rotatable bonds is 21. The van der Waals surface area contributed by atoms with Gasteiger partial charge in [-0.1, -0.05) is 72.8 Å². The zero-order valence-electron chi connectivity index (χ0n) is 46.2. The Labute approximate surface area is 466 Å². The number of nitrogens with one attached hydrogen (secondary N) is 1. The molecule has 3 aliphatic rings. The van der Waals surface area contributed by atoms with Crippen molar-refractivity contribution < 1.29 is 37.9 Å². The molecule has 6 aromatic rings. The fourth-order valence-corrected chi connectivity index (χ4v) is 9.27. The third-order valence-electron chi connectivity index (χ3n) is 13.7. The predicted molar refractivity (Wildman–Crippen MR) is 310 cm³/mol. The Morgan fingerprint density at radius 2 is 0.810 bits per heavy atom. The normalized spacial score (nSPS) is 14.5. The van der Waals surface area contributed by atoms with Crippen LogP contribution in [-0.4, -0.2) is 170 Å². The van der Waals surface area contributed by atoms with E-state index in [0.717, 1.165) is 131 Å². The number of anilines is 3. The number of methoxy groups -OCH3 is 3. The Morgan fingerprint density at radius 3 is 1.19 bits per heavy atom. The molecule has 3 fully saturated rings. The van der Waals surface area contributed by atoms with E-state index in [4.69, 9.17) is 37.9 Å². The van der Waals surface area contributed by atoms with Gasteiger partial charge < -0.3 is 57.9 Å². The van der Waals surface area contributed by atoms with Crippen LogP contribution >= 0.6 is 0 Å². The molecule has 0 bridgehead atoms. The number of nitriles is 3. The number of morpholine rings is 2. The standard InChI is InChI=1S/C22H27N3O3.C21H25N3O2.C20H22N2O3/c1-26-15-16-28-22-4-2-3-20(21(22)17-23)18-5-7-19(8-6-18)24-9-10-25-11-13-27-14-12-25;1-23-10-12-24(13-11-23)18-8-6-17(7-9-18)19-4-3-5-21(20(19)16-22)26-15-14-25-2;1-23-13-14-25-20-4-2-3-18(19(20)15-21)16-5-7-17(8-6-16)22-9-11-24-12-10-22/h2-8,24H,9-16H2,1H3;3-9H,10-15H2,1-2H3;2-8H,9-14H2,1H3. The fraction of sp³-hybridized carbons (Fsp3) is 0.381. The van der Waals surface area contributed by atoms with Gasteiger partial charge in [0.05, 0.1) is 46.2 Å². The zero-order chi connectivity index (χ0) is 55.4. The monoisotopic (exact) mass is 1070 g/mol. The van der Waals surface area contributed by atoms with Crippen molar-refractivity contribution in [3.63, 3.8) is 0 Å². The summed E-state index contributed by atoms with van der Waals surface area (Å²) in [7, 11) is 7.04. The molecule has 0 spiro atoms. The molecule has 0 saturated carbocycles.